The Kier molecular flexibility index (Phi) is 3.88. The van der Waals surface area contributed by atoms with Crippen LogP contribution in [0.5, 0.6) is 0 Å². The number of hydrogen-bond acceptors (Lipinski definition) is 3. The first-order valence-electron chi connectivity index (χ1n) is 8.24. The molecule has 3 aromatic rings. The second-order valence-corrected chi connectivity index (χ2v) is 6.99. The molecule has 1 amide bonds. The number of carbonyl (C=O) groups excluding carboxylic acids is 1. The molecule has 6 heteroatoms. The molecule has 0 atom stereocenters. The molecule has 0 fully saturated rings. The van der Waals surface area contributed by atoms with Crippen molar-refractivity contribution in [1.29, 1.82) is 0 Å². The Bertz CT molecular complexity index is 963. The van der Waals surface area contributed by atoms with Crippen LogP contribution in [0.25, 0.3) is 11.0 Å². The monoisotopic (exact) mass is 354 g/mol. The number of nitrogens with one attached hydrogen (secondary N) is 1. The van der Waals surface area contributed by atoms with Crippen LogP contribution in [0.4, 0.5) is 5.69 Å². The number of H-pyrrole nitrogens is 1. The molecule has 0 spiro atoms. The molecule has 0 saturated heterocycles. The minimum atomic E-state index is 0.0543. The normalized spacial score (nSPS) is 13.8. The summed E-state index contributed by atoms with van der Waals surface area (Å²) in [6.07, 6.45) is 2.43. The van der Waals surface area contributed by atoms with Crippen LogP contribution in [0.2, 0.25) is 5.02 Å². The first-order chi connectivity index (χ1) is 12.0. The van der Waals surface area contributed by atoms with Crippen molar-refractivity contribution >= 4 is 34.2 Å². The maximum Gasteiger partial charge on any atom is 0.254 e. The van der Waals surface area contributed by atoms with Gasteiger partial charge >= 0.3 is 0 Å². The minimum absolute atomic E-state index is 0.0543. The van der Waals surface area contributed by atoms with Crippen LogP contribution in [0.1, 0.15) is 21.6 Å². The minimum Gasteiger partial charge on any atom is -0.378 e. The predicted molar refractivity (Wildman–Crippen MR) is 100 cm³/mol. The lowest BCUT2D eigenvalue weighted by atomic mass is 10.0. The molecule has 1 aromatic carbocycles. The van der Waals surface area contributed by atoms with Gasteiger partial charge in [0, 0.05) is 67.7 Å². The Morgan fingerprint density at radius 3 is 2.96 bits per heavy atom. The Morgan fingerprint density at radius 2 is 2.16 bits per heavy atom. The fourth-order valence-corrected chi connectivity index (χ4v) is 3.49. The number of rotatable bonds is 2. The Morgan fingerprint density at radius 1 is 1.32 bits per heavy atom. The molecule has 4 rings (SSSR count). The number of hydrogen-bond donors (Lipinski definition) is 1. The highest BCUT2D eigenvalue weighted by molar-refractivity contribution is 6.31. The fraction of sp³-hybridized carbons (Fsp3) is 0.263. The maximum atomic E-state index is 13.0. The summed E-state index contributed by atoms with van der Waals surface area (Å²) < 4.78 is 0. The summed E-state index contributed by atoms with van der Waals surface area (Å²) in [5.41, 5.74) is 4.83. The van der Waals surface area contributed by atoms with Gasteiger partial charge in [-0.2, -0.15) is 0 Å². The van der Waals surface area contributed by atoms with Gasteiger partial charge in [-0.05, 0) is 24.3 Å². The summed E-state index contributed by atoms with van der Waals surface area (Å²) in [6, 6.07) is 9.65. The van der Waals surface area contributed by atoms with Crippen molar-refractivity contribution < 1.29 is 4.79 Å². The van der Waals surface area contributed by atoms with Crippen molar-refractivity contribution in [3.8, 4) is 0 Å². The molecule has 0 aliphatic carbocycles. The number of aromatic nitrogens is 2. The van der Waals surface area contributed by atoms with Gasteiger partial charge in [0.1, 0.15) is 5.65 Å². The van der Waals surface area contributed by atoms with E-state index in [2.05, 4.69) is 9.97 Å². The summed E-state index contributed by atoms with van der Waals surface area (Å²) in [4.78, 5) is 24.6. The lowest BCUT2D eigenvalue weighted by Crippen LogP contribution is -2.35. The molecule has 3 heterocycles. The van der Waals surface area contributed by atoms with Gasteiger partial charge < -0.3 is 14.8 Å². The summed E-state index contributed by atoms with van der Waals surface area (Å²) in [7, 11) is 3.94. The second kappa shape index (κ2) is 6.08. The van der Waals surface area contributed by atoms with E-state index in [0.717, 1.165) is 34.4 Å². The number of halogens is 1. The van der Waals surface area contributed by atoms with Crippen LogP contribution >= 0.6 is 11.6 Å². The van der Waals surface area contributed by atoms with Crippen molar-refractivity contribution in [2.45, 2.75) is 13.0 Å². The number of amides is 1. The zero-order chi connectivity index (χ0) is 17.6. The third-order valence-corrected chi connectivity index (χ3v) is 4.90. The Labute approximate surface area is 151 Å². The maximum absolute atomic E-state index is 13.0. The van der Waals surface area contributed by atoms with Crippen molar-refractivity contribution in [1.82, 2.24) is 14.9 Å². The molecule has 1 N–H and O–H groups in total. The average molecular weight is 355 g/mol. The van der Waals surface area contributed by atoms with Gasteiger partial charge in [-0.3, -0.25) is 4.79 Å². The quantitative estimate of drug-likeness (QED) is 0.766. The molecule has 2 aromatic heterocycles. The molecule has 5 nitrogen and oxygen atoms in total. The van der Waals surface area contributed by atoms with Crippen LogP contribution in [0.3, 0.4) is 0 Å². The van der Waals surface area contributed by atoms with Gasteiger partial charge in [-0.15, -0.1) is 0 Å². The van der Waals surface area contributed by atoms with Crippen LogP contribution in [-0.2, 0) is 13.0 Å². The molecule has 0 bridgehead atoms. The van der Waals surface area contributed by atoms with Gasteiger partial charge in [0.2, 0.25) is 0 Å². The first-order valence-corrected chi connectivity index (χ1v) is 8.62. The van der Waals surface area contributed by atoms with E-state index in [0.29, 0.717) is 23.7 Å². The largest absolute Gasteiger partial charge is 0.378 e. The first kappa shape index (κ1) is 16.0. The molecule has 0 unspecified atom stereocenters. The van der Waals surface area contributed by atoms with E-state index >= 15 is 0 Å². The number of anilines is 1. The highest BCUT2D eigenvalue weighted by atomic mass is 35.5. The van der Waals surface area contributed by atoms with Gasteiger partial charge in [0.25, 0.3) is 5.91 Å². The number of aromatic amines is 1. The van der Waals surface area contributed by atoms with Crippen LogP contribution in [0.15, 0.2) is 36.5 Å². The predicted octanol–water partition coefficient (Wildman–Crippen LogP) is 3.48. The van der Waals surface area contributed by atoms with Crippen LogP contribution in [-0.4, -0.2) is 41.4 Å². The molecule has 0 radical (unpaired) electrons. The molecular formula is C19H19ClN4O. The third-order valence-electron chi connectivity index (χ3n) is 4.69. The number of benzene rings is 1. The summed E-state index contributed by atoms with van der Waals surface area (Å²) >= 11 is 6.10. The second-order valence-electron chi connectivity index (χ2n) is 6.55. The molecule has 128 valence electrons. The van der Waals surface area contributed by atoms with E-state index in [1.807, 2.05) is 54.2 Å². The number of carbonyl (C=O) groups is 1. The van der Waals surface area contributed by atoms with Crippen molar-refractivity contribution in [3.63, 3.8) is 0 Å². The molecule has 1 aliphatic rings. The third kappa shape index (κ3) is 2.85. The zero-order valence-electron chi connectivity index (χ0n) is 14.2. The average Bonchev–Trinajstić information content (AvgIpc) is 2.98. The van der Waals surface area contributed by atoms with E-state index in [1.54, 1.807) is 6.20 Å². The SMILES string of the molecule is CN(C)c1cccc(C(=O)N2CCc3[nH]c4ncc(Cl)cc4c3C2)c1. The van der Waals surface area contributed by atoms with E-state index in [1.165, 1.54) is 0 Å². The highest BCUT2D eigenvalue weighted by Crippen LogP contribution is 2.29. The van der Waals surface area contributed by atoms with Gasteiger partial charge in [-0.25, -0.2) is 4.98 Å². The van der Waals surface area contributed by atoms with Crippen molar-refractivity contribution in [2.24, 2.45) is 0 Å². The Hall–Kier alpha value is -2.53. The van der Waals surface area contributed by atoms with Crippen LogP contribution < -0.4 is 4.90 Å². The van der Waals surface area contributed by atoms with Gasteiger partial charge in [0.05, 0.1) is 5.02 Å². The fourth-order valence-electron chi connectivity index (χ4n) is 3.33. The smallest absolute Gasteiger partial charge is 0.254 e. The summed E-state index contributed by atoms with van der Waals surface area (Å²) in [6.45, 7) is 1.26. The van der Waals surface area contributed by atoms with Crippen LogP contribution in [0, 0.1) is 0 Å². The molecule has 0 saturated carbocycles. The number of nitrogens with zero attached hydrogens (tertiary/aromatic N) is 3. The topological polar surface area (TPSA) is 52.2 Å². The molecule has 1 aliphatic heterocycles. The lowest BCUT2D eigenvalue weighted by molar-refractivity contribution is 0.0735. The number of pyridine rings is 1. The van der Waals surface area contributed by atoms with Crippen molar-refractivity contribution in [2.75, 3.05) is 25.5 Å². The van der Waals surface area contributed by atoms with Crippen molar-refractivity contribution in [3.05, 3.63) is 58.4 Å². The standard InChI is InChI=1S/C19H19ClN4O/c1-23(2)14-5-3-4-12(8-14)19(25)24-7-6-17-16(11-24)15-9-13(20)10-21-18(15)22-17/h3-5,8-10H,6-7,11H2,1-2H3,(H,21,22). The lowest BCUT2D eigenvalue weighted by Gasteiger charge is -2.27. The van der Waals surface area contributed by atoms with E-state index < -0.39 is 0 Å². The summed E-state index contributed by atoms with van der Waals surface area (Å²) in [5.74, 6) is 0.0543. The van der Waals surface area contributed by atoms with Gasteiger partial charge in [-0.1, -0.05) is 17.7 Å². The highest BCUT2D eigenvalue weighted by Gasteiger charge is 2.25. The number of fused-ring (bicyclic) bond motifs is 3. The van der Waals surface area contributed by atoms with E-state index in [-0.39, 0.29) is 5.91 Å². The summed E-state index contributed by atoms with van der Waals surface area (Å²) in [5, 5.41) is 1.61. The molecule has 25 heavy (non-hydrogen) atoms. The van der Waals surface area contributed by atoms with E-state index in [9.17, 15) is 4.79 Å². The Balaban J connectivity index is 1.66. The van der Waals surface area contributed by atoms with Gasteiger partial charge in [0.15, 0.2) is 0 Å². The van der Waals surface area contributed by atoms with E-state index in [4.69, 9.17) is 11.6 Å². The zero-order valence-corrected chi connectivity index (χ0v) is 15.0. The molecular weight excluding hydrogens is 336 g/mol.